The topological polar surface area (TPSA) is 84.5 Å². The number of ether oxygens (including phenoxy) is 1. The zero-order valence-corrected chi connectivity index (χ0v) is 16.2. The van der Waals surface area contributed by atoms with Crippen molar-refractivity contribution in [2.24, 2.45) is 23.7 Å². The highest BCUT2D eigenvalue weighted by atomic mass is 35.5. The van der Waals surface area contributed by atoms with Crippen LogP contribution < -0.4 is 10.6 Å². The van der Waals surface area contributed by atoms with Crippen molar-refractivity contribution in [2.75, 3.05) is 10.6 Å². The molecular formula is C22H19ClN2O4. The van der Waals surface area contributed by atoms with Crippen LogP contribution in [0.5, 0.6) is 0 Å². The molecule has 0 spiro atoms. The van der Waals surface area contributed by atoms with Crippen molar-refractivity contribution in [2.45, 2.75) is 18.9 Å². The Kier molecular flexibility index (Phi) is 4.32. The van der Waals surface area contributed by atoms with Gasteiger partial charge in [0.1, 0.15) is 6.10 Å². The van der Waals surface area contributed by atoms with E-state index in [4.69, 9.17) is 16.3 Å². The maximum Gasteiger partial charge on any atom is 0.310 e. The van der Waals surface area contributed by atoms with E-state index in [2.05, 4.69) is 10.6 Å². The van der Waals surface area contributed by atoms with Gasteiger partial charge in [0.05, 0.1) is 11.8 Å². The van der Waals surface area contributed by atoms with Gasteiger partial charge in [0.2, 0.25) is 5.91 Å². The van der Waals surface area contributed by atoms with E-state index in [-0.39, 0.29) is 47.6 Å². The Hall–Kier alpha value is -2.86. The van der Waals surface area contributed by atoms with Gasteiger partial charge in [-0.05, 0) is 67.3 Å². The lowest BCUT2D eigenvalue weighted by Gasteiger charge is -2.23. The second kappa shape index (κ2) is 6.88. The molecule has 5 atom stereocenters. The molecule has 2 bridgehead atoms. The average molecular weight is 411 g/mol. The summed E-state index contributed by atoms with van der Waals surface area (Å²) in [4.78, 5) is 37.3. The molecular weight excluding hydrogens is 392 g/mol. The maximum absolute atomic E-state index is 12.8. The summed E-state index contributed by atoms with van der Waals surface area (Å²) in [6.45, 7) is 0. The van der Waals surface area contributed by atoms with Gasteiger partial charge in [-0.25, -0.2) is 0 Å². The number of carbonyl (C=O) groups is 3. The minimum atomic E-state index is -0.320. The Balaban J connectivity index is 1.24. The van der Waals surface area contributed by atoms with Crippen molar-refractivity contribution in [3.63, 3.8) is 0 Å². The van der Waals surface area contributed by atoms with Crippen LogP contribution in [0.2, 0.25) is 5.02 Å². The van der Waals surface area contributed by atoms with Gasteiger partial charge in [0.15, 0.2) is 0 Å². The molecule has 1 saturated heterocycles. The Labute approximate surface area is 172 Å². The fraction of sp³-hybridized carbons (Fsp3) is 0.318. The van der Waals surface area contributed by atoms with Gasteiger partial charge in [-0.3, -0.25) is 14.4 Å². The SMILES string of the molecule is O=C(Nc1ccc(Cl)cc1)c1ccc(NC(=O)[C@@H]2[C@@H]3C[C@@H]4[C@H]2C(=O)O[C@H]4C3)cc1. The number of hydrogen-bond acceptors (Lipinski definition) is 4. The number of rotatable bonds is 4. The van der Waals surface area contributed by atoms with Gasteiger partial charge >= 0.3 is 5.97 Å². The molecule has 5 rings (SSSR count). The van der Waals surface area contributed by atoms with E-state index in [0.717, 1.165) is 12.8 Å². The molecule has 2 N–H and O–H groups in total. The number of anilines is 2. The van der Waals surface area contributed by atoms with Crippen LogP contribution in [-0.4, -0.2) is 23.9 Å². The second-order valence-corrected chi connectivity index (χ2v) is 8.39. The van der Waals surface area contributed by atoms with Crippen LogP contribution in [-0.2, 0) is 14.3 Å². The highest BCUT2D eigenvalue weighted by Gasteiger charge is 2.63. The largest absolute Gasteiger partial charge is 0.462 e. The molecule has 2 aromatic rings. The first kappa shape index (κ1) is 18.2. The molecule has 2 saturated carbocycles. The molecule has 29 heavy (non-hydrogen) atoms. The summed E-state index contributed by atoms with van der Waals surface area (Å²) in [6.07, 6.45) is 1.69. The summed E-state index contributed by atoms with van der Waals surface area (Å²) < 4.78 is 5.40. The lowest BCUT2D eigenvalue weighted by molar-refractivity contribution is -0.145. The van der Waals surface area contributed by atoms with E-state index in [1.54, 1.807) is 48.5 Å². The standard InChI is InChI=1S/C22H19ClN2O4/c23-13-3-7-15(8-4-13)24-20(26)11-1-5-14(6-2-11)25-21(27)18-12-9-16-17(10-12)29-22(28)19(16)18/h1-8,12,16-19H,9-10H2,(H,24,26)(H,25,27)/t12-,16+,17+,18-,19-/m1/s1. The number of halogens is 1. The summed E-state index contributed by atoms with van der Waals surface area (Å²) in [7, 11) is 0. The first-order chi connectivity index (χ1) is 14.0. The molecule has 7 heteroatoms. The van der Waals surface area contributed by atoms with Crippen LogP contribution in [0.25, 0.3) is 0 Å². The van der Waals surface area contributed by atoms with Gasteiger partial charge in [-0.15, -0.1) is 0 Å². The first-order valence-electron chi connectivity index (χ1n) is 9.68. The molecule has 0 radical (unpaired) electrons. The minimum Gasteiger partial charge on any atom is -0.462 e. The fourth-order valence-electron chi connectivity index (χ4n) is 5.03. The van der Waals surface area contributed by atoms with Gasteiger partial charge < -0.3 is 15.4 Å². The van der Waals surface area contributed by atoms with Crippen molar-refractivity contribution in [3.8, 4) is 0 Å². The van der Waals surface area contributed by atoms with Gasteiger partial charge in [0, 0.05) is 27.9 Å². The van der Waals surface area contributed by atoms with Gasteiger partial charge in [0.25, 0.3) is 5.91 Å². The van der Waals surface area contributed by atoms with E-state index in [1.807, 2.05) is 0 Å². The molecule has 0 aromatic heterocycles. The molecule has 2 aliphatic carbocycles. The summed E-state index contributed by atoms with van der Waals surface area (Å²) in [6, 6.07) is 13.5. The molecule has 2 amide bonds. The van der Waals surface area contributed by atoms with E-state index in [9.17, 15) is 14.4 Å². The minimum absolute atomic E-state index is 0.0139. The third-order valence-corrected chi connectivity index (χ3v) is 6.55. The maximum atomic E-state index is 12.8. The smallest absolute Gasteiger partial charge is 0.310 e. The molecule has 3 aliphatic rings. The van der Waals surface area contributed by atoms with Gasteiger partial charge in [-0.2, -0.15) is 0 Å². The Morgan fingerprint density at radius 1 is 0.931 bits per heavy atom. The fourth-order valence-corrected chi connectivity index (χ4v) is 5.16. The number of hydrogen-bond donors (Lipinski definition) is 2. The molecule has 2 aromatic carbocycles. The molecule has 6 nitrogen and oxygen atoms in total. The van der Waals surface area contributed by atoms with Crippen LogP contribution in [0.4, 0.5) is 11.4 Å². The molecule has 1 heterocycles. The van der Waals surface area contributed by atoms with Crippen LogP contribution in [0.3, 0.4) is 0 Å². The second-order valence-electron chi connectivity index (χ2n) is 7.95. The van der Waals surface area contributed by atoms with Crippen LogP contribution >= 0.6 is 11.6 Å². The third-order valence-electron chi connectivity index (χ3n) is 6.30. The van der Waals surface area contributed by atoms with Crippen molar-refractivity contribution in [1.29, 1.82) is 0 Å². The van der Waals surface area contributed by atoms with E-state index in [0.29, 0.717) is 22.0 Å². The zero-order valence-electron chi connectivity index (χ0n) is 15.4. The molecule has 0 unspecified atom stereocenters. The van der Waals surface area contributed by atoms with Crippen LogP contribution in [0.15, 0.2) is 48.5 Å². The number of esters is 1. The summed E-state index contributed by atoms with van der Waals surface area (Å²) in [5, 5.41) is 6.29. The number of amides is 2. The van der Waals surface area contributed by atoms with Crippen molar-refractivity contribution >= 4 is 40.8 Å². The third kappa shape index (κ3) is 3.17. The van der Waals surface area contributed by atoms with E-state index < -0.39 is 0 Å². The monoisotopic (exact) mass is 410 g/mol. The van der Waals surface area contributed by atoms with Crippen LogP contribution in [0.1, 0.15) is 23.2 Å². The van der Waals surface area contributed by atoms with Crippen molar-refractivity contribution in [1.82, 2.24) is 0 Å². The number of benzene rings is 2. The Bertz CT molecular complexity index is 987. The quantitative estimate of drug-likeness (QED) is 0.752. The average Bonchev–Trinajstić information content (AvgIpc) is 3.33. The van der Waals surface area contributed by atoms with Crippen LogP contribution in [0, 0.1) is 23.7 Å². The summed E-state index contributed by atoms with van der Waals surface area (Å²) in [5.41, 5.74) is 1.72. The van der Waals surface area contributed by atoms with E-state index >= 15 is 0 Å². The lowest BCUT2D eigenvalue weighted by Crippen LogP contribution is -2.35. The number of carbonyl (C=O) groups excluding carboxylic acids is 3. The molecule has 1 aliphatic heterocycles. The summed E-state index contributed by atoms with van der Waals surface area (Å²) >= 11 is 5.85. The number of fused-ring (bicyclic) bond motifs is 1. The predicted octanol–water partition coefficient (Wildman–Crippen LogP) is 3.73. The molecule has 148 valence electrons. The van der Waals surface area contributed by atoms with Crippen molar-refractivity contribution < 1.29 is 19.1 Å². The lowest BCUT2D eigenvalue weighted by atomic mass is 9.79. The normalized spacial score (nSPS) is 28.9. The Morgan fingerprint density at radius 2 is 1.59 bits per heavy atom. The van der Waals surface area contributed by atoms with E-state index in [1.165, 1.54) is 0 Å². The highest BCUT2D eigenvalue weighted by Crippen LogP contribution is 2.57. The van der Waals surface area contributed by atoms with Crippen molar-refractivity contribution in [3.05, 3.63) is 59.1 Å². The molecule has 3 fully saturated rings. The first-order valence-corrected chi connectivity index (χ1v) is 10.1. The highest BCUT2D eigenvalue weighted by molar-refractivity contribution is 6.30. The Morgan fingerprint density at radius 3 is 2.31 bits per heavy atom. The number of nitrogens with one attached hydrogen (secondary N) is 2. The zero-order chi connectivity index (χ0) is 20.1. The van der Waals surface area contributed by atoms with Gasteiger partial charge in [-0.1, -0.05) is 11.6 Å². The summed E-state index contributed by atoms with van der Waals surface area (Å²) in [5.74, 6) is -0.832. The predicted molar refractivity (Wildman–Crippen MR) is 108 cm³/mol.